The maximum Gasteiger partial charge on any atom is 0.337 e. The summed E-state index contributed by atoms with van der Waals surface area (Å²) in [6, 6.07) is 9.54. The van der Waals surface area contributed by atoms with Gasteiger partial charge in [-0.3, -0.25) is 0 Å². The lowest BCUT2D eigenvalue weighted by atomic mass is 10.1. The van der Waals surface area contributed by atoms with E-state index in [4.69, 9.17) is 11.6 Å². The van der Waals surface area contributed by atoms with Gasteiger partial charge in [-0.15, -0.1) is 0 Å². The molecule has 0 bridgehead atoms. The number of rotatable bonds is 4. The molecule has 110 valence electrons. The number of anilines is 1. The van der Waals surface area contributed by atoms with Crippen molar-refractivity contribution in [1.82, 2.24) is 0 Å². The maximum absolute atomic E-state index is 13.0. The number of esters is 1. The zero-order chi connectivity index (χ0) is 15.4. The molecule has 21 heavy (non-hydrogen) atoms. The van der Waals surface area contributed by atoms with Gasteiger partial charge in [0, 0.05) is 17.3 Å². The lowest BCUT2D eigenvalue weighted by Crippen LogP contribution is -2.05. The van der Waals surface area contributed by atoms with Gasteiger partial charge in [-0.25, -0.2) is 9.18 Å². The van der Waals surface area contributed by atoms with Crippen LogP contribution in [-0.2, 0) is 11.3 Å². The highest BCUT2D eigenvalue weighted by Gasteiger charge is 2.08. The molecule has 2 rings (SSSR count). The van der Waals surface area contributed by atoms with E-state index in [9.17, 15) is 9.18 Å². The third-order valence-electron chi connectivity index (χ3n) is 3.13. The lowest BCUT2D eigenvalue weighted by molar-refractivity contribution is 0.0600. The van der Waals surface area contributed by atoms with Gasteiger partial charge in [0.2, 0.25) is 0 Å². The minimum atomic E-state index is -0.369. The second-order valence-corrected chi connectivity index (χ2v) is 5.02. The SMILES string of the molecule is COC(=O)c1ccc(NCc2ccc(F)cc2Cl)c(C)c1. The summed E-state index contributed by atoms with van der Waals surface area (Å²) in [5.74, 6) is -0.728. The van der Waals surface area contributed by atoms with E-state index in [1.807, 2.05) is 6.92 Å². The van der Waals surface area contributed by atoms with Crippen molar-refractivity contribution in [2.24, 2.45) is 0 Å². The van der Waals surface area contributed by atoms with Gasteiger partial charge in [0.1, 0.15) is 5.82 Å². The number of ether oxygens (including phenoxy) is 1. The van der Waals surface area contributed by atoms with Crippen LogP contribution < -0.4 is 5.32 Å². The lowest BCUT2D eigenvalue weighted by Gasteiger charge is -2.11. The Morgan fingerprint density at radius 2 is 2.05 bits per heavy atom. The third-order valence-corrected chi connectivity index (χ3v) is 3.48. The Morgan fingerprint density at radius 3 is 2.67 bits per heavy atom. The standard InChI is InChI=1S/C16H15ClFNO2/c1-10-7-11(16(20)21-2)4-6-15(10)19-9-12-3-5-13(18)8-14(12)17/h3-8,19H,9H2,1-2H3. The van der Waals surface area contributed by atoms with Crippen molar-refractivity contribution in [3.8, 4) is 0 Å². The van der Waals surface area contributed by atoms with Gasteiger partial charge >= 0.3 is 5.97 Å². The first kappa shape index (κ1) is 15.3. The minimum Gasteiger partial charge on any atom is -0.465 e. The van der Waals surface area contributed by atoms with Gasteiger partial charge in [0.25, 0.3) is 0 Å². The molecular weight excluding hydrogens is 293 g/mol. The molecule has 0 amide bonds. The number of benzene rings is 2. The minimum absolute atomic E-state index is 0.359. The van der Waals surface area contributed by atoms with E-state index in [0.29, 0.717) is 17.1 Å². The highest BCUT2D eigenvalue weighted by Crippen LogP contribution is 2.21. The Bertz CT molecular complexity index is 673. The van der Waals surface area contributed by atoms with Crippen LogP contribution in [0.4, 0.5) is 10.1 Å². The van der Waals surface area contributed by atoms with Crippen LogP contribution in [0.3, 0.4) is 0 Å². The van der Waals surface area contributed by atoms with Crippen molar-refractivity contribution >= 4 is 23.3 Å². The second kappa shape index (κ2) is 6.59. The van der Waals surface area contributed by atoms with Gasteiger partial charge in [0.05, 0.1) is 12.7 Å². The van der Waals surface area contributed by atoms with Crippen LogP contribution in [-0.4, -0.2) is 13.1 Å². The molecule has 0 radical (unpaired) electrons. The summed E-state index contributed by atoms with van der Waals surface area (Å²) in [6.45, 7) is 2.36. The first-order valence-corrected chi connectivity index (χ1v) is 6.76. The zero-order valence-corrected chi connectivity index (χ0v) is 12.5. The summed E-state index contributed by atoms with van der Waals surface area (Å²) in [5.41, 5.74) is 3.09. The molecule has 0 atom stereocenters. The number of carbonyl (C=O) groups excluding carboxylic acids is 1. The van der Waals surface area contributed by atoms with Crippen LogP contribution in [0.15, 0.2) is 36.4 Å². The molecule has 0 heterocycles. The van der Waals surface area contributed by atoms with Crippen LogP contribution >= 0.6 is 11.6 Å². The first-order chi connectivity index (χ1) is 10.0. The van der Waals surface area contributed by atoms with E-state index in [2.05, 4.69) is 10.1 Å². The van der Waals surface area contributed by atoms with Gasteiger partial charge in [0.15, 0.2) is 0 Å². The average molecular weight is 308 g/mol. The molecule has 0 saturated heterocycles. The van der Waals surface area contributed by atoms with Crippen LogP contribution in [0.2, 0.25) is 5.02 Å². The molecule has 0 unspecified atom stereocenters. The smallest absolute Gasteiger partial charge is 0.337 e. The maximum atomic E-state index is 13.0. The van der Waals surface area contributed by atoms with E-state index in [-0.39, 0.29) is 11.8 Å². The number of aryl methyl sites for hydroxylation is 1. The predicted molar refractivity (Wildman–Crippen MR) is 81.3 cm³/mol. The third kappa shape index (κ3) is 3.73. The summed E-state index contributed by atoms with van der Waals surface area (Å²) >= 11 is 5.98. The highest BCUT2D eigenvalue weighted by molar-refractivity contribution is 6.31. The van der Waals surface area contributed by atoms with Crippen molar-refractivity contribution in [3.05, 3.63) is 63.9 Å². The number of hydrogen-bond donors (Lipinski definition) is 1. The normalized spacial score (nSPS) is 10.3. The zero-order valence-electron chi connectivity index (χ0n) is 11.7. The second-order valence-electron chi connectivity index (χ2n) is 4.61. The van der Waals surface area contributed by atoms with Crippen molar-refractivity contribution in [2.45, 2.75) is 13.5 Å². The highest BCUT2D eigenvalue weighted by atomic mass is 35.5. The van der Waals surface area contributed by atoms with Crippen LogP contribution in [0, 0.1) is 12.7 Å². The van der Waals surface area contributed by atoms with Crippen molar-refractivity contribution in [3.63, 3.8) is 0 Å². The quantitative estimate of drug-likeness (QED) is 0.861. The van der Waals surface area contributed by atoms with Gasteiger partial charge < -0.3 is 10.1 Å². The molecule has 0 aromatic heterocycles. The van der Waals surface area contributed by atoms with Crippen LogP contribution in [0.1, 0.15) is 21.5 Å². The molecule has 0 saturated carbocycles. The predicted octanol–water partition coefficient (Wildman–Crippen LogP) is 4.19. The van der Waals surface area contributed by atoms with Crippen molar-refractivity contribution in [1.29, 1.82) is 0 Å². The molecular formula is C16H15ClFNO2. The molecule has 0 aliphatic rings. The molecule has 0 spiro atoms. The summed E-state index contributed by atoms with van der Waals surface area (Å²) in [4.78, 5) is 11.4. The van der Waals surface area contributed by atoms with E-state index in [0.717, 1.165) is 16.8 Å². The number of methoxy groups -OCH3 is 1. The summed E-state index contributed by atoms with van der Waals surface area (Å²) in [6.07, 6.45) is 0. The Kier molecular flexibility index (Phi) is 4.81. The topological polar surface area (TPSA) is 38.3 Å². The Hall–Kier alpha value is -2.07. The van der Waals surface area contributed by atoms with E-state index in [1.165, 1.54) is 19.2 Å². The summed E-state index contributed by atoms with van der Waals surface area (Å²) in [7, 11) is 1.35. The summed E-state index contributed by atoms with van der Waals surface area (Å²) < 4.78 is 17.7. The Labute approximate surface area is 127 Å². The fourth-order valence-electron chi connectivity index (χ4n) is 1.96. The molecule has 0 aliphatic heterocycles. The molecule has 2 aromatic rings. The Morgan fingerprint density at radius 1 is 1.29 bits per heavy atom. The van der Waals surface area contributed by atoms with Crippen molar-refractivity contribution < 1.29 is 13.9 Å². The van der Waals surface area contributed by atoms with E-state index >= 15 is 0 Å². The molecule has 5 heteroatoms. The molecule has 0 aliphatic carbocycles. The largest absolute Gasteiger partial charge is 0.465 e. The number of nitrogens with one attached hydrogen (secondary N) is 1. The van der Waals surface area contributed by atoms with Crippen LogP contribution in [0.25, 0.3) is 0 Å². The fraction of sp³-hybridized carbons (Fsp3) is 0.188. The van der Waals surface area contributed by atoms with Gasteiger partial charge in [-0.1, -0.05) is 17.7 Å². The fourth-order valence-corrected chi connectivity index (χ4v) is 2.20. The Balaban J connectivity index is 2.11. The number of hydrogen-bond acceptors (Lipinski definition) is 3. The molecule has 1 N–H and O–H groups in total. The van der Waals surface area contributed by atoms with Gasteiger partial charge in [-0.2, -0.15) is 0 Å². The van der Waals surface area contributed by atoms with E-state index in [1.54, 1.807) is 24.3 Å². The monoisotopic (exact) mass is 307 g/mol. The van der Waals surface area contributed by atoms with Crippen LogP contribution in [0.5, 0.6) is 0 Å². The number of carbonyl (C=O) groups is 1. The molecule has 0 fully saturated rings. The molecule has 3 nitrogen and oxygen atoms in total. The van der Waals surface area contributed by atoms with E-state index < -0.39 is 0 Å². The number of halogens is 2. The molecule has 2 aromatic carbocycles. The summed E-state index contributed by atoms with van der Waals surface area (Å²) in [5, 5.41) is 3.60. The average Bonchev–Trinajstić information content (AvgIpc) is 2.46. The van der Waals surface area contributed by atoms with Gasteiger partial charge in [-0.05, 0) is 48.4 Å². The first-order valence-electron chi connectivity index (χ1n) is 6.38. The van der Waals surface area contributed by atoms with Crippen molar-refractivity contribution in [2.75, 3.05) is 12.4 Å².